The number of hydrogen-bond acceptors (Lipinski definition) is 6. The molecule has 6 nitrogen and oxygen atoms in total. The molecule has 1 aromatic carbocycles. The van der Waals surface area contributed by atoms with E-state index in [1.165, 1.54) is 12.3 Å². The summed E-state index contributed by atoms with van der Waals surface area (Å²) in [5.74, 6) is 0.255. The molecule has 0 saturated heterocycles. The van der Waals surface area contributed by atoms with E-state index in [9.17, 15) is 13.9 Å². The molecule has 2 N–H and O–H groups in total. The molecule has 0 bridgehead atoms. The van der Waals surface area contributed by atoms with Crippen LogP contribution >= 0.6 is 10.6 Å². The van der Waals surface area contributed by atoms with Gasteiger partial charge in [0.2, 0.25) is 0 Å². The predicted octanol–water partition coefficient (Wildman–Crippen LogP) is 2.74. The summed E-state index contributed by atoms with van der Waals surface area (Å²) >= 11 is 0. The predicted molar refractivity (Wildman–Crippen MR) is 79.5 cm³/mol. The van der Waals surface area contributed by atoms with E-state index in [4.69, 9.17) is 14.2 Å². The van der Waals surface area contributed by atoms with Crippen molar-refractivity contribution in [3.8, 4) is 5.75 Å². The van der Waals surface area contributed by atoms with Crippen molar-refractivity contribution >= 4 is 22.6 Å². The first kappa shape index (κ1) is 15.8. The first-order valence-corrected chi connectivity index (χ1v) is 8.05. The van der Waals surface area contributed by atoms with E-state index in [2.05, 4.69) is 0 Å². The Balaban J connectivity index is 1.77. The van der Waals surface area contributed by atoms with Gasteiger partial charge in [0.15, 0.2) is 0 Å². The minimum Gasteiger partial charge on any atom is -0.490 e. The second-order valence-electron chi connectivity index (χ2n) is 4.36. The van der Waals surface area contributed by atoms with Gasteiger partial charge in [-0.2, -0.15) is 0 Å². The van der Waals surface area contributed by atoms with Crippen molar-refractivity contribution < 1.29 is 28.1 Å². The lowest BCUT2D eigenvalue weighted by atomic mass is 10.2. The van der Waals surface area contributed by atoms with Gasteiger partial charge in [0, 0.05) is 17.9 Å². The number of carbonyl (C=O) groups is 1. The molecule has 2 rings (SSSR count). The molecule has 0 spiro atoms. The van der Waals surface area contributed by atoms with Crippen LogP contribution in [-0.4, -0.2) is 41.5 Å². The highest BCUT2D eigenvalue weighted by molar-refractivity contribution is 8.27. The Kier molecular flexibility index (Phi) is 5.24. The fraction of sp³-hybridized carbons (Fsp3) is 0.357. The number of carbonyl (C=O) groups excluding carboxylic acids is 1. The van der Waals surface area contributed by atoms with Crippen molar-refractivity contribution in [1.29, 1.82) is 0 Å². The highest BCUT2D eigenvalue weighted by Crippen LogP contribution is 2.57. The highest BCUT2D eigenvalue weighted by atomic mass is 32.3. The minimum atomic E-state index is -2.82. The van der Waals surface area contributed by atoms with Gasteiger partial charge in [-0.05, 0) is 18.2 Å². The quantitative estimate of drug-likeness (QED) is 0.594. The zero-order valence-electron chi connectivity index (χ0n) is 11.7. The number of ether oxygens (including phenoxy) is 3. The SMILES string of the molecule is CC(=O)OCCOCCOc1cccc2c1C=CS2(O)O. The third-order valence-electron chi connectivity index (χ3n) is 2.79. The van der Waals surface area contributed by atoms with Gasteiger partial charge >= 0.3 is 5.97 Å². The monoisotopic (exact) mass is 314 g/mol. The van der Waals surface area contributed by atoms with E-state index >= 15 is 0 Å². The number of rotatable bonds is 7. The summed E-state index contributed by atoms with van der Waals surface area (Å²) in [6.45, 7) is 2.56. The van der Waals surface area contributed by atoms with Crippen LogP contribution < -0.4 is 4.74 Å². The average Bonchev–Trinajstić information content (AvgIpc) is 2.74. The topological polar surface area (TPSA) is 85.2 Å². The second kappa shape index (κ2) is 6.95. The van der Waals surface area contributed by atoms with Crippen molar-refractivity contribution in [2.24, 2.45) is 0 Å². The molecule has 116 valence electrons. The van der Waals surface area contributed by atoms with Gasteiger partial charge in [-0.25, -0.2) is 0 Å². The zero-order chi connectivity index (χ0) is 15.3. The molecule has 0 fully saturated rings. The third-order valence-corrected chi connectivity index (χ3v) is 4.31. The maximum absolute atomic E-state index is 10.5. The van der Waals surface area contributed by atoms with Gasteiger partial charge in [-0.15, -0.1) is 10.6 Å². The van der Waals surface area contributed by atoms with Gasteiger partial charge in [-0.3, -0.25) is 13.9 Å². The lowest BCUT2D eigenvalue weighted by Crippen LogP contribution is -2.12. The molecule has 0 atom stereocenters. The Morgan fingerprint density at radius 3 is 2.71 bits per heavy atom. The van der Waals surface area contributed by atoms with E-state index in [0.29, 0.717) is 36.0 Å². The lowest BCUT2D eigenvalue weighted by molar-refractivity contribution is -0.142. The lowest BCUT2D eigenvalue weighted by Gasteiger charge is -2.25. The van der Waals surface area contributed by atoms with Crippen LogP contribution in [0.4, 0.5) is 0 Å². The first-order chi connectivity index (χ1) is 10.0. The number of hydrogen-bond donors (Lipinski definition) is 2. The summed E-state index contributed by atoms with van der Waals surface area (Å²) in [7, 11) is -2.82. The van der Waals surface area contributed by atoms with E-state index in [0.717, 1.165) is 0 Å². The Hall–Kier alpha value is -1.54. The van der Waals surface area contributed by atoms with Gasteiger partial charge in [0.1, 0.15) is 19.0 Å². The van der Waals surface area contributed by atoms with Crippen molar-refractivity contribution in [2.75, 3.05) is 26.4 Å². The number of esters is 1. The fourth-order valence-corrected chi connectivity index (χ4v) is 3.11. The van der Waals surface area contributed by atoms with Crippen LogP contribution in [0.25, 0.3) is 6.08 Å². The van der Waals surface area contributed by atoms with Gasteiger partial charge in [-0.1, -0.05) is 6.07 Å². The van der Waals surface area contributed by atoms with Gasteiger partial charge in [0.05, 0.1) is 18.1 Å². The van der Waals surface area contributed by atoms with E-state index in [1.54, 1.807) is 24.3 Å². The molecule has 0 radical (unpaired) electrons. The number of fused-ring (bicyclic) bond motifs is 1. The largest absolute Gasteiger partial charge is 0.490 e. The zero-order valence-corrected chi connectivity index (χ0v) is 12.5. The van der Waals surface area contributed by atoms with Crippen molar-refractivity contribution in [3.63, 3.8) is 0 Å². The Labute approximate surface area is 124 Å². The van der Waals surface area contributed by atoms with Crippen LogP contribution in [0.5, 0.6) is 5.75 Å². The molecule has 1 aliphatic heterocycles. The fourth-order valence-electron chi connectivity index (χ4n) is 1.87. The van der Waals surface area contributed by atoms with Crippen LogP contribution in [0.15, 0.2) is 28.5 Å². The van der Waals surface area contributed by atoms with Crippen molar-refractivity contribution in [3.05, 3.63) is 29.2 Å². The summed E-state index contributed by atoms with van der Waals surface area (Å²) in [5, 5.41) is 1.39. The molecule has 7 heteroatoms. The Bertz CT molecular complexity index is 540. The van der Waals surface area contributed by atoms with E-state index < -0.39 is 10.6 Å². The Morgan fingerprint density at radius 1 is 1.19 bits per heavy atom. The molecule has 1 aliphatic rings. The molecule has 0 unspecified atom stereocenters. The number of benzene rings is 1. The molecule has 21 heavy (non-hydrogen) atoms. The summed E-state index contributed by atoms with van der Waals surface area (Å²) in [4.78, 5) is 11.0. The van der Waals surface area contributed by atoms with Crippen LogP contribution in [0, 0.1) is 0 Å². The molecule has 0 amide bonds. The smallest absolute Gasteiger partial charge is 0.302 e. The normalized spacial score (nSPS) is 16.3. The van der Waals surface area contributed by atoms with Crippen LogP contribution in [-0.2, 0) is 14.3 Å². The maximum atomic E-state index is 10.5. The summed E-state index contributed by atoms with van der Waals surface area (Å²) in [6, 6.07) is 5.16. The van der Waals surface area contributed by atoms with Crippen LogP contribution in [0.1, 0.15) is 12.5 Å². The molecule has 0 aliphatic carbocycles. The molecule has 1 aromatic rings. The molecule has 0 aromatic heterocycles. The van der Waals surface area contributed by atoms with Gasteiger partial charge in [0.25, 0.3) is 0 Å². The second-order valence-corrected chi connectivity index (χ2v) is 6.26. The van der Waals surface area contributed by atoms with E-state index in [-0.39, 0.29) is 12.6 Å². The van der Waals surface area contributed by atoms with Crippen molar-refractivity contribution in [2.45, 2.75) is 11.8 Å². The first-order valence-electron chi connectivity index (χ1n) is 6.44. The van der Waals surface area contributed by atoms with Crippen LogP contribution in [0.2, 0.25) is 0 Å². The molecule has 0 saturated carbocycles. The highest BCUT2D eigenvalue weighted by Gasteiger charge is 2.23. The van der Waals surface area contributed by atoms with Crippen molar-refractivity contribution in [1.82, 2.24) is 0 Å². The van der Waals surface area contributed by atoms with Gasteiger partial charge < -0.3 is 14.2 Å². The molecular formula is C14H18O6S. The molecular weight excluding hydrogens is 296 g/mol. The Morgan fingerprint density at radius 2 is 1.95 bits per heavy atom. The van der Waals surface area contributed by atoms with Crippen LogP contribution in [0.3, 0.4) is 0 Å². The average molecular weight is 314 g/mol. The third kappa shape index (κ3) is 4.21. The minimum absolute atomic E-state index is 0.222. The maximum Gasteiger partial charge on any atom is 0.302 e. The van der Waals surface area contributed by atoms with E-state index in [1.807, 2.05) is 0 Å². The summed E-state index contributed by atoms with van der Waals surface area (Å²) in [6.07, 6.45) is 1.65. The molecule has 1 heterocycles. The summed E-state index contributed by atoms with van der Waals surface area (Å²) in [5.41, 5.74) is 0.692. The standard InChI is InChI=1S/C14H18O6S/c1-11(15)19-8-6-18-7-9-20-13-3-2-4-14-12(13)5-10-21(14,16)17/h2-5,10,16-17H,6-9H2,1H3. The summed E-state index contributed by atoms with van der Waals surface area (Å²) < 4.78 is 35.2.